The second-order valence-corrected chi connectivity index (χ2v) is 6.20. The average Bonchev–Trinajstić information content (AvgIpc) is 3.03. The fourth-order valence-electron chi connectivity index (χ4n) is 2.45. The zero-order chi connectivity index (χ0) is 14.6. The van der Waals surface area contributed by atoms with E-state index in [9.17, 15) is 14.7 Å². The van der Waals surface area contributed by atoms with Gasteiger partial charge in [-0.2, -0.15) is 0 Å². The molecule has 5 nitrogen and oxygen atoms in total. The number of carboxylic acid groups (broad SMARTS) is 1. The van der Waals surface area contributed by atoms with Gasteiger partial charge in [0.15, 0.2) is 0 Å². The summed E-state index contributed by atoms with van der Waals surface area (Å²) < 4.78 is 0. The summed E-state index contributed by atoms with van der Waals surface area (Å²) >= 11 is 1.52. The Bertz CT molecular complexity index is 530. The fraction of sp³-hybridized carbons (Fsp3) is 0.500. The Morgan fingerprint density at radius 3 is 2.75 bits per heavy atom. The minimum Gasteiger partial charge on any atom is -0.481 e. The molecule has 6 heteroatoms. The van der Waals surface area contributed by atoms with Gasteiger partial charge in [-0.15, -0.1) is 11.3 Å². The van der Waals surface area contributed by atoms with E-state index in [1.807, 2.05) is 12.3 Å². The zero-order valence-corrected chi connectivity index (χ0v) is 12.2. The normalized spacial score (nSPS) is 17.4. The Balaban J connectivity index is 1.88. The Kier molecular flexibility index (Phi) is 4.54. The quantitative estimate of drug-likeness (QED) is 0.816. The van der Waals surface area contributed by atoms with Crippen molar-refractivity contribution in [3.63, 3.8) is 0 Å². The van der Waals surface area contributed by atoms with Gasteiger partial charge in [-0.3, -0.25) is 9.59 Å². The number of carbonyl (C=O) groups excluding carboxylic acids is 1. The van der Waals surface area contributed by atoms with Crippen LogP contribution in [0, 0.1) is 12.3 Å². The molecule has 2 rings (SSSR count). The number of aryl methyl sites for hydroxylation is 1. The van der Waals surface area contributed by atoms with Crippen LogP contribution >= 0.6 is 11.3 Å². The highest BCUT2D eigenvalue weighted by atomic mass is 32.1. The summed E-state index contributed by atoms with van der Waals surface area (Å²) in [7, 11) is 0. The number of hydrogen-bond acceptors (Lipinski definition) is 4. The first-order valence-electron chi connectivity index (χ1n) is 6.63. The van der Waals surface area contributed by atoms with E-state index in [0.29, 0.717) is 12.8 Å². The maximum Gasteiger partial charge on any atom is 0.311 e. The van der Waals surface area contributed by atoms with Gasteiger partial charge in [0, 0.05) is 18.0 Å². The van der Waals surface area contributed by atoms with Crippen LogP contribution in [0.25, 0.3) is 6.08 Å². The van der Waals surface area contributed by atoms with Crippen molar-refractivity contribution in [1.29, 1.82) is 0 Å². The van der Waals surface area contributed by atoms with E-state index in [-0.39, 0.29) is 12.5 Å². The molecule has 1 aliphatic rings. The Morgan fingerprint density at radius 1 is 1.50 bits per heavy atom. The molecule has 1 aromatic rings. The number of aromatic nitrogens is 1. The molecule has 1 aliphatic carbocycles. The van der Waals surface area contributed by atoms with Crippen LogP contribution in [0.3, 0.4) is 0 Å². The first-order valence-corrected chi connectivity index (χ1v) is 7.51. The summed E-state index contributed by atoms with van der Waals surface area (Å²) in [5.41, 5.74) is -0.0303. The summed E-state index contributed by atoms with van der Waals surface area (Å²) in [4.78, 5) is 27.3. The largest absolute Gasteiger partial charge is 0.481 e. The van der Waals surface area contributed by atoms with Crippen LogP contribution in [0.1, 0.15) is 36.4 Å². The maximum absolute atomic E-state index is 11.7. The van der Waals surface area contributed by atoms with Crippen molar-refractivity contribution < 1.29 is 14.7 Å². The molecule has 0 unspecified atom stereocenters. The number of thiazole rings is 1. The van der Waals surface area contributed by atoms with Crippen LogP contribution in [0.2, 0.25) is 0 Å². The monoisotopic (exact) mass is 294 g/mol. The number of aliphatic carboxylic acids is 1. The van der Waals surface area contributed by atoms with E-state index in [2.05, 4.69) is 10.3 Å². The van der Waals surface area contributed by atoms with E-state index < -0.39 is 11.4 Å². The lowest BCUT2D eigenvalue weighted by Crippen LogP contribution is -2.40. The average molecular weight is 294 g/mol. The van der Waals surface area contributed by atoms with E-state index in [4.69, 9.17) is 0 Å². The second kappa shape index (κ2) is 6.17. The minimum absolute atomic E-state index is 0.196. The summed E-state index contributed by atoms with van der Waals surface area (Å²) in [5, 5.41) is 14.8. The lowest BCUT2D eigenvalue weighted by Gasteiger charge is -2.23. The van der Waals surface area contributed by atoms with Gasteiger partial charge in [0.1, 0.15) is 0 Å². The number of hydrogen-bond donors (Lipinski definition) is 2. The first kappa shape index (κ1) is 14.7. The molecule has 0 spiro atoms. The first-order chi connectivity index (χ1) is 9.52. The molecule has 2 N–H and O–H groups in total. The molecule has 20 heavy (non-hydrogen) atoms. The standard InChI is InChI=1S/C14H18N2O3S/c1-10-16-11(8-20-10)4-5-12(17)15-9-14(13(18)19)6-2-3-7-14/h4-5,8H,2-3,6-7,9H2,1H3,(H,15,17)(H,18,19)/b5-4+. The molecule has 0 aliphatic heterocycles. The third-order valence-electron chi connectivity index (χ3n) is 3.66. The number of carbonyl (C=O) groups is 2. The van der Waals surface area contributed by atoms with Gasteiger partial charge in [0.2, 0.25) is 5.91 Å². The van der Waals surface area contributed by atoms with Crippen molar-refractivity contribution in [2.45, 2.75) is 32.6 Å². The molecule has 1 fully saturated rings. The van der Waals surface area contributed by atoms with E-state index in [0.717, 1.165) is 23.5 Å². The number of nitrogens with one attached hydrogen (secondary N) is 1. The molecule has 0 aromatic carbocycles. The lowest BCUT2D eigenvalue weighted by atomic mass is 9.86. The Morgan fingerprint density at radius 2 is 2.20 bits per heavy atom. The van der Waals surface area contributed by atoms with Crippen molar-refractivity contribution >= 4 is 29.3 Å². The van der Waals surface area contributed by atoms with Gasteiger partial charge in [0.05, 0.1) is 16.1 Å². The molecule has 108 valence electrons. The van der Waals surface area contributed by atoms with Gasteiger partial charge in [0.25, 0.3) is 0 Å². The predicted octanol–water partition coefficient (Wildman–Crippen LogP) is 2.23. The van der Waals surface area contributed by atoms with Crippen LogP contribution in [0.5, 0.6) is 0 Å². The molecule has 1 amide bonds. The molecular formula is C14H18N2O3S. The summed E-state index contributed by atoms with van der Waals surface area (Å²) in [6.45, 7) is 2.10. The summed E-state index contributed by atoms with van der Waals surface area (Å²) in [6.07, 6.45) is 6.14. The number of carboxylic acids is 1. The van der Waals surface area contributed by atoms with E-state index in [1.54, 1.807) is 6.08 Å². The topological polar surface area (TPSA) is 79.3 Å². The van der Waals surface area contributed by atoms with Crippen molar-refractivity contribution in [1.82, 2.24) is 10.3 Å². The minimum atomic E-state index is -0.811. The van der Waals surface area contributed by atoms with Crippen LogP contribution in [0.4, 0.5) is 0 Å². The highest BCUT2D eigenvalue weighted by Gasteiger charge is 2.41. The Hall–Kier alpha value is -1.69. The van der Waals surface area contributed by atoms with Gasteiger partial charge in [-0.1, -0.05) is 12.8 Å². The number of rotatable bonds is 5. The zero-order valence-electron chi connectivity index (χ0n) is 11.4. The number of amides is 1. The van der Waals surface area contributed by atoms with Crippen molar-refractivity contribution in [3.8, 4) is 0 Å². The van der Waals surface area contributed by atoms with Gasteiger partial charge >= 0.3 is 5.97 Å². The molecule has 0 saturated heterocycles. The molecule has 0 radical (unpaired) electrons. The van der Waals surface area contributed by atoms with Gasteiger partial charge in [-0.05, 0) is 25.8 Å². The van der Waals surface area contributed by atoms with Crippen LogP contribution in [0.15, 0.2) is 11.5 Å². The smallest absolute Gasteiger partial charge is 0.311 e. The predicted molar refractivity (Wildman–Crippen MR) is 77.4 cm³/mol. The summed E-state index contributed by atoms with van der Waals surface area (Å²) in [5.74, 6) is -1.09. The van der Waals surface area contributed by atoms with E-state index >= 15 is 0 Å². The van der Waals surface area contributed by atoms with Crippen molar-refractivity contribution in [2.24, 2.45) is 5.41 Å². The third-order valence-corrected chi connectivity index (χ3v) is 4.45. The van der Waals surface area contributed by atoms with Gasteiger partial charge in [-0.25, -0.2) is 4.98 Å². The maximum atomic E-state index is 11.7. The highest BCUT2D eigenvalue weighted by Crippen LogP contribution is 2.37. The second-order valence-electron chi connectivity index (χ2n) is 5.14. The number of nitrogens with zero attached hydrogens (tertiary/aromatic N) is 1. The fourth-order valence-corrected chi connectivity index (χ4v) is 3.03. The van der Waals surface area contributed by atoms with Crippen molar-refractivity contribution in [2.75, 3.05) is 6.54 Å². The molecule has 1 saturated carbocycles. The van der Waals surface area contributed by atoms with Crippen LogP contribution in [-0.4, -0.2) is 28.5 Å². The molecule has 0 bridgehead atoms. The van der Waals surface area contributed by atoms with Crippen LogP contribution < -0.4 is 5.32 Å². The molecule has 1 aromatic heterocycles. The molecule has 0 atom stereocenters. The summed E-state index contributed by atoms with van der Waals surface area (Å²) in [6, 6.07) is 0. The highest BCUT2D eigenvalue weighted by molar-refractivity contribution is 7.09. The van der Waals surface area contributed by atoms with Crippen LogP contribution in [-0.2, 0) is 9.59 Å². The SMILES string of the molecule is Cc1nc(/C=C/C(=O)NCC2(C(=O)O)CCCC2)cs1. The van der Waals surface area contributed by atoms with Gasteiger partial charge < -0.3 is 10.4 Å². The molecule has 1 heterocycles. The lowest BCUT2D eigenvalue weighted by molar-refractivity contribution is -0.148. The molecular weight excluding hydrogens is 276 g/mol. The van der Waals surface area contributed by atoms with Crippen molar-refractivity contribution in [3.05, 3.63) is 22.2 Å². The third kappa shape index (κ3) is 3.45. The van der Waals surface area contributed by atoms with E-state index in [1.165, 1.54) is 17.4 Å². The Labute approximate surface area is 121 Å².